The van der Waals surface area contributed by atoms with Gasteiger partial charge in [-0.05, 0) is 69.4 Å². The van der Waals surface area contributed by atoms with Crippen molar-refractivity contribution in [2.45, 2.75) is 33.1 Å². The minimum absolute atomic E-state index is 0. The van der Waals surface area contributed by atoms with Crippen molar-refractivity contribution in [3.05, 3.63) is 35.1 Å². The van der Waals surface area contributed by atoms with E-state index in [1.54, 1.807) is 26.1 Å². The van der Waals surface area contributed by atoms with E-state index >= 15 is 0 Å². The van der Waals surface area contributed by atoms with Crippen LogP contribution in [0.4, 0.5) is 4.39 Å². The fourth-order valence-corrected chi connectivity index (χ4v) is 3.21. The highest BCUT2D eigenvalue weighted by Crippen LogP contribution is 2.15. The van der Waals surface area contributed by atoms with E-state index in [0.717, 1.165) is 31.4 Å². The van der Waals surface area contributed by atoms with Gasteiger partial charge in [-0.2, -0.15) is 0 Å². The van der Waals surface area contributed by atoms with Gasteiger partial charge >= 0.3 is 0 Å². The molecule has 0 aliphatic carbocycles. The lowest BCUT2D eigenvalue weighted by Gasteiger charge is -2.30. The number of guanidine groups is 1. The average Bonchev–Trinajstić information content (AvgIpc) is 2.70. The zero-order chi connectivity index (χ0) is 20.4. The number of aliphatic imine (C=N–C) groups is 1. The summed E-state index contributed by atoms with van der Waals surface area (Å²) in [5, 5.41) is 9.26. The van der Waals surface area contributed by atoms with Crippen molar-refractivity contribution < 1.29 is 9.18 Å². The largest absolute Gasteiger partial charge is 0.356 e. The lowest BCUT2D eigenvalue weighted by molar-refractivity contribution is 0.0954. The minimum atomic E-state index is -0.366. The van der Waals surface area contributed by atoms with E-state index in [2.05, 4.69) is 32.8 Å². The summed E-state index contributed by atoms with van der Waals surface area (Å²) < 4.78 is 13.5. The molecule has 1 aromatic rings. The first-order valence-electron chi connectivity index (χ1n) is 10.2. The molecule has 1 saturated heterocycles. The molecule has 0 saturated carbocycles. The summed E-state index contributed by atoms with van der Waals surface area (Å²) in [7, 11) is 1.73. The minimum Gasteiger partial charge on any atom is -0.356 e. The number of likely N-dealkylation sites (tertiary alicyclic amines) is 1. The number of halogens is 2. The van der Waals surface area contributed by atoms with Crippen molar-refractivity contribution >= 4 is 35.8 Å². The maximum atomic E-state index is 13.5. The van der Waals surface area contributed by atoms with Gasteiger partial charge in [-0.1, -0.05) is 13.0 Å². The van der Waals surface area contributed by atoms with Crippen molar-refractivity contribution in [3.63, 3.8) is 0 Å². The Hall–Kier alpha value is -1.42. The van der Waals surface area contributed by atoms with Gasteiger partial charge in [-0.25, -0.2) is 4.39 Å². The van der Waals surface area contributed by atoms with Crippen LogP contribution in [0.5, 0.6) is 0 Å². The van der Waals surface area contributed by atoms with Crippen LogP contribution in [0.2, 0.25) is 0 Å². The second-order valence-corrected chi connectivity index (χ2v) is 7.52. The molecule has 1 aliphatic heterocycles. The Morgan fingerprint density at radius 3 is 2.48 bits per heavy atom. The predicted octanol–water partition coefficient (Wildman–Crippen LogP) is 2.77. The third-order valence-corrected chi connectivity index (χ3v) is 5.18. The standard InChI is InChI=1S/C21H34FN5O.HI/c1-16-7-13-27(14-8-16)12-4-9-25-21(23-3)26-11-10-24-20(28)18-6-5-17(2)19(22)15-18;/h5-6,15-16H,4,7-14H2,1-3H3,(H,24,28)(H2,23,25,26);1H. The lowest BCUT2D eigenvalue weighted by atomic mass is 9.99. The number of hydrogen-bond acceptors (Lipinski definition) is 3. The molecule has 1 aliphatic rings. The Morgan fingerprint density at radius 1 is 1.17 bits per heavy atom. The Labute approximate surface area is 191 Å². The fourth-order valence-electron chi connectivity index (χ4n) is 3.21. The first-order valence-corrected chi connectivity index (χ1v) is 10.2. The maximum Gasteiger partial charge on any atom is 0.251 e. The topological polar surface area (TPSA) is 68.8 Å². The van der Waals surface area contributed by atoms with Gasteiger partial charge in [0.25, 0.3) is 5.91 Å². The van der Waals surface area contributed by atoms with Gasteiger partial charge in [-0.3, -0.25) is 9.79 Å². The normalized spacial score (nSPS) is 15.5. The number of amides is 1. The molecule has 164 valence electrons. The molecule has 1 heterocycles. The SMILES string of the molecule is CN=C(NCCCN1CCC(C)CC1)NCCNC(=O)c1ccc(C)c(F)c1.I. The van der Waals surface area contributed by atoms with E-state index in [4.69, 9.17) is 0 Å². The molecule has 0 unspecified atom stereocenters. The maximum absolute atomic E-state index is 13.5. The van der Waals surface area contributed by atoms with Gasteiger partial charge < -0.3 is 20.9 Å². The summed E-state index contributed by atoms with van der Waals surface area (Å²) in [6.45, 7) is 9.37. The number of piperidine rings is 1. The molecular weight excluding hydrogens is 484 g/mol. The zero-order valence-electron chi connectivity index (χ0n) is 17.8. The van der Waals surface area contributed by atoms with Gasteiger partial charge in [0.15, 0.2) is 5.96 Å². The van der Waals surface area contributed by atoms with Crippen LogP contribution in [0.1, 0.15) is 42.1 Å². The highest BCUT2D eigenvalue weighted by molar-refractivity contribution is 14.0. The molecular formula is C21H35FIN5O. The highest BCUT2D eigenvalue weighted by atomic mass is 127. The van der Waals surface area contributed by atoms with Crippen molar-refractivity contribution in [2.75, 3.05) is 46.3 Å². The lowest BCUT2D eigenvalue weighted by Crippen LogP contribution is -2.42. The quantitative estimate of drug-likeness (QED) is 0.214. The van der Waals surface area contributed by atoms with Crippen LogP contribution in [-0.2, 0) is 0 Å². The Bertz CT molecular complexity index is 662. The molecule has 3 N–H and O–H groups in total. The summed E-state index contributed by atoms with van der Waals surface area (Å²) >= 11 is 0. The van der Waals surface area contributed by atoms with E-state index in [9.17, 15) is 9.18 Å². The highest BCUT2D eigenvalue weighted by Gasteiger charge is 2.14. The van der Waals surface area contributed by atoms with E-state index in [1.807, 2.05) is 0 Å². The first-order chi connectivity index (χ1) is 13.5. The first kappa shape index (κ1) is 25.6. The zero-order valence-corrected chi connectivity index (χ0v) is 20.1. The molecule has 0 bridgehead atoms. The van der Waals surface area contributed by atoms with Crippen molar-refractivity contribution in [2.24, 2.45) is 10.9 Å². The number of benzene rings is 1. The van der Waals surface area contributed by atoms with Gasteiger partial charge in [0.2, 0.25) is 0 Å². The second-order valence-electron chi connectivity index (χ2n) is 7.52. The number of aryl methyl sites for hydroxylation is 1. The third kappa shape index (κ3) is 9.29. The van der Waals surface area contributed by atoms with E-state index < -0.39 is 0 Å². The van der Waals surface area contributed by atoms with Crippen LogP contribution in [0.3, 0.4) is 0 Å². The number of hydrogen-bond donors (Lipinski definition) is 3. The van der Waals surface area contributed by atoms with Crippen LogP contribution in [0.15, 0.2) is 23.2 Å². The van der Waals surface area contributed by atoms with Crippen LogP contribution in [0, 0.1) is 18.7 Å². The van der Waals surface area contributed by atoms with E-state index in [-0.39, 0.29) is 35.7 Å². The van der Waals surface area contributed by atoms with E-state index in [0.29, 0.717) is 24.2 Å². The molecule has 0 atom stereocenters. The summed E-state index contributed by atoms with van der Waals surface area (Å²) in [6.07, 6.45) is 3.68. The molecule has 29 heavy (non-hydrogen) atoms. The van der Waals surface area contributed by atoms with Crippen LogP contribution in [-0.4, -0.2) is 63.1 Å². The molecule has 8 heteroatoms. The molecule has 0 spiro atoms. The summed E-state index contributed by atoms with van der Waals surface area (Å²) in [6, 6.07) is 4.50. The molecule has 1 fully saturated rings. The number of carbonyl (C=O) groups excluding carboxylic acids is 1. The Morgan fingerprint density at radius 2 is 1.83 bits per heavy atom. The van der Waals surface area contributed by atoms with Gasteiger partial charge in [0, 0.05) is 32.2 Å². The van der Waals surface area contributed by atoms with Gasteiger partial charge in [0.05, 0.1) is 0 Å². The molecule has 1 aromatic carbocycles. The number of nitrogens with zero attached hydrogens (tertiary/aromatic N) is 2. The predicted molar refractivity (Wildman–Crippen MR) is 128 cm³/mol. The monoisotopic (exact) mass is 519 g/mol. The fraction of sp³-hybridized carbons (Fsp3) is 0.619. The third-order valence-electron chi connectivity index (χ3n) is 5.18. The smallest absolute Gasteiger partial charge is 0.251 e. The van der Waals surface area contributed by atoms with Crippen molar-refractivity contribution in [3.8, 4) is 0 Å². The second kappa shape index (κ2) is 13.7. The summed E-state index contributed by atoms with van der Waals surface area (Å²) in [4.78, 5) is 18.8. The molecule has 2 rings (SSSR count). The number of carbonyl (C=O) groups is 1. The summed E-state index contributed by atoms with van der Waals surface area (Å²) in [5.41, 5.74) is 0.862. The van der Waals surface area contributed by atoms with Gasteiger partial charge in [-0.15, -0.1) is 24.0 Å². The Balaban J connectivity index is 0.00000420. The average molecular weight is 519 g/mol. The molecule has 6 nitrogen and oxygen atoms in total. The van der Waals surface area contributed by atoms with E-state index in [1.165, 1.54) is 32.0 Å². The van der Waals surface area contributed by atoms with Crippen molar-refractivity contribution in [1.29, 1.82) is 0 Å². The van der Waals surface area contributed by atoms with Crippen molar-refractivity contribution in [1.82, 2.24) is 20.9 Å². The number of rotatable bonds is 8. The molecule has 1 amide bonds. The summed E-state index contributed by atoms with van der Waals surface area (Å²) in [5.74, 6) is 0.944. The molecule has 0 aromatic heterocycles. The van der Waals surface area contributed by atoms with Crippen LogP contribution < -0.4 is 16.0 Å². The van der Waals surface area contributed by atoms with Crippen LogP contribution >= 0.6 is 24.0 Å². The molecule has 0 radical (unpaired) electrons. The number of nitrogens with one attached hydrogen (secondary N) is 3. The van der Waals surface area contributed by atoms with Gasteiger partial charge in [0.1, 0.15) is 5.82 Å². The van der Waals surface area contributed by atoms with Crippen LogP contribution in [0.25, 0.3) is 0 Å². The Kier molecular flexibility index (Phi) is 12.1.